The van der Waals surface area contributed by atoms with Crippen LogP contribution in [0.4, 0.5) is 0 Å². The topological polar surface area (TPSA) is 34.4 Å². The quantitative estimate of drug-likeness (QED) is 0.787. The van der Waals surface area contributed by atoms with E-state index in [4.69, 9.17) is 4.99 Å². The fraction of sp³-hybridized carbons (Fsp3) is 0.368. The monoisotopic (exact) mass is 372 g/mol. The Morgan fingerprint density at radius 2 is 1.83 bits per heavy atom. The molecule has 23 heavy (non-hydrogen) atoms. The van der Waals surface area contributed by atoms with Crippen LogP contribution < -0.4 is 5.49 Å². The molecule has 1 aromatic carbocycles. The lowest BCUT2D eigenvalue weighted by atomic mass is 9.96. The normalized spacial score (nSPS) is 16.5. The molecule has 1 heterocycles. The summed E-state index contributed by atoms with van der Waals surface area (Å²) in [6, 6.07) is 14.0. The zero-order valence-electron chi connectivity index (χ0n) is 13.1. The number of pyridine rings is 1. The van der Waals surface area contributed by atoms with Gasteiger partial charge >= 0.3 is 0 Å². The predicted octanol–water partition coefficient (Wildman–Crippen LogP) is 4.37. The van der Waals surface area contributed by atoms with E-state index in [9.17, 15) is 4.79 Å². The molecule has 3 rings (SSSR count). The summed E-state index contributed by atoms with van der Waals surface area (Å²) in [6.07, 6.45) is 8.27. The van der Waals surface area contributed by atoms with E-state index in [1.807, 2.05) is 48.7 Å². The van der Waals surface area contributed by atoms with Crippen LogP contribution in [0.3, 0.4) is 0 Å². The number of aromatic nitrogens is 1. The van der Waals surface area contributed by atoms with Gasteiger partial charge in [0.25, 0.3) is 0 Å². The third-order valence-electron chi connectivity index (χ3n) is 4.27. The second kappa shape index (κ2) is 7.73. The highest BCUT2D eigenvalue weighted by atomic mass is 79.9. The first-order valence-corrected chi connectivity index (χ1v) is 9.01. The Balaban J connectivity index is 1.82. The van der Waals surface area contributed by atoms with Crippen molar-refractivity contribution in [3.8, 4) is 0 Å². The molecule has 3 nitrogen and oxygen atoms in total. The van der Waals surface area contributed by atoms with Gasteiger partial charge in [0.15, 0.2) is 0 Å². The SMILES string of the molecule is O=C(Cc1ccc(Br)cc1)n1ccccc1=NC1CCCCC1. The number of nitrogens with zero attached hydrogens (tertiary/aromatic N) is 2. The molecule has 1 fully saturated rings. The zero-order valence-corrected chi connectivity index (χ0v) is 14.7. The minimum Gasteiger partial charge on any atom is -0.274 e. The molecule has 4 heteroatoms. The highest BCUT2D eigenvalue weighted by Crippen LogP contribution is 2.19. The van der Waals surface area contributed by atoms with E-state index in [2.05, 4.69) is 15.9 Å². The standard InChI is InChI=1S/C19H21BrN2O/c20-16-11-9-15(10-12-16)14-19(23)22-13-5-4-8-18(22)21-17-6-2-1-3-7-17/h4-5,8-13,17H,1-3,6-7,14H2. The summed E-state index contributed by atoms with van der Waals surface area (Å²) >= 11 is 3.42. The summed E-state index contributed by atoms with van der Waals surface area (Å²) in [6.45, 7) is 0. The van der Waals surface area contributed by atoms with E-state index in [-0.39, 0.29) is 5.91 Å². The number of carbonyl (C=O) groups is 1. The molecule has 1 aliphatic rings. The largest absolute Gasteiger partial charge is 0.274 e. The van der Waals surface area contributed by atoms with Gasteiger partial charge in [-0.25, -0.2) is 0 Å². The van der Waals surface area contributed by atoms with E-state index in [0.29, 0.717) is 12.5 Å². The van der Waals surface area contributed by atoms with Crippen LogP contribution in [0, 0.1) is 0 Å². The molecule has 120 valence electrons. The maximum Gasteiger partial charge on any atom is 0.236 e. The summed E-state index contributed by atoms with van der Waals surface area (Å²) in [5, 5.41) is 0. The van der Waals surface area contributed by atoms with Crippen LogP contribution in [0.2, 0.25) is 0 Å². The Bertz CT molecular complexity index is 728. The van der Waals surface area contributed by atoms with Gasteiger partial charge in [0, 0.05) is 10.7 Å². The fourth-order valence-electron chi connectivity index (χ4n) is 3.01. The second-order valence-corrected chi connectivity index (χ2v) is 6.96. The molecule has 0 aliphatic heterocycles. The minimum absolute atomic E-state index is 0.0579. The van der Waals surface area contributed by atoms with Gasteiger partial charge in [0.1, 0.15) is 5.49 Å². The lowest BCUT2D eigenvalue weighted by Crippen LogP contribution is -2.29. The van der Waals surface area contributed by atoms with Crippen molar-refractivity contribution in [2.75, 3.05) is 0 Å². The van der Waals surface area contributed by atoms with Crippen molar-refractivity contribution >= 4 is 21.8 Å². The van der Waals surface area contributed by atoms with Crippen LogP contribution in [0.5, 0.6) is 0 Å². The maximum atomic E-state index is 12.7. The van der Waals surface area contributed by atoms with Gasteiger partial charge in [-0.05, 0) is 42.7 Å². The summed E-state index contributed by atoms with van der Waals surface area (Å²) in [4.78, 5) is 17.5. The van der Waals surface area contributed by atoms with Gasteiger partial charge in [0.05, 0.1) is 12.5 Å². The lowest BCUT2D eigenvalue weighted by molar-refractivity contribution is 0.0908. The van der Waals surface area contributed by atoms with Crippen molar-refractivity contribution in [3.05, 3.63) is 64.2 Å². The van der Waals surface area contributed by atoms with Crippen molar-refractivity contribution < 1.29 is 4.79 Å². The molecular weight excluding hydrogens is 352 g/mol. The predicted molar refractivity (Wildman–Crippen MR) is 95.3 cm³/mol. The van der Waals surface area contributed by atoms with Crippen molar-refractivity contribution in [2.24, 2.45) is 4.99 Å². The summed E-state index contributed by atoms with van der Waals surface area (Å²) in [7, 11) is 0. The van der Waals surface area contributed by atoms with Gasteiger partial charge < -0.3 is 0 Å². The van der Waals surface area contributed by atoms with Crippen LogP contribution in [-0.2, 0) is 6.42 Å². The summed E-state index contributed by atoms with van der Waals surface area (Å²) < 4.78 is 2.71. The molecule has 2 aromatic rings. The number of carbonyl (C=O) groups excluding carboxylic acids is 1. The number of hydrogen-bond donors (Lipinski definition) is 0. The molecular formula is C19H21BrN2O. The average Bonchev–Trinajstić information content (AvgIpc) is 2.58. The Morgan fingerprint density at radius 3 is 2.57 bits per heavy atom. The Labute approximate surface area is 145 Å². The van der Waals surface area contributed by atoms with Crippen molar-refractivity contribution in [1.82, 2.24) is 4.57 Å². The van der Waals surface area contributed by atoms with Crippen molar-refractivity contribution in [1.29, 1.82) is 0 Å². The number of rotatable bonds is 3. The fourth-order valence-corrected chi connectivity index (χ4v) is 3.27. The van der Waals surface area contributed by atoms with Gasteiger partial charge in [-0.3, -0.25) is 14.4 Å². The first-order valence-electron chi connectivity index (χ1n) is 8.21. The Kier molecular flexibility index (Phi) is 5.44. The molecule has 0 radical (unpaired) electrons. The first-order chi connectivity index (χ1) is 11.2. The molecule has 0 atom stereocenters. The highest BCUT2D eigenvalue weighted by Gasteiger charge is 2.13. The Morgan fingerprint density at radius 1 is 1.09 bits per heavy atom. The zero-order chi connectivity index (χ0) is 16.1. The third-order valence-corrected chi connectivity index (χ3v) is 4.79. The number of benzene rings is 1. The Hall–Kier alpha value is -1.68. The molecule has 0 spiro atoms. The van der Waals surface area contributed by atoms with Crippen LogP contribution >= 0.6 is 15.9 Å². The molecule has 0 N–H and O–H groups in total. The van der Waals surface area contributed by atoms with E-state index < -0.39 is 0 Å². The van der Waals surface area contributed by atoms with Gasteiger partial charge in [0.2, 0.25) is 5.91 Å². The summed E-state index contributed by atoms with van der Waals surface area (Å²) in [5.41, 5.74) is 1.79. The van der Waals surface area contributed by atoms with Crippen LogP contribution in [0.15, 0.2) is 58.1 Å². The van der Waals surface area contributed by atoms with E-state index in [0.717, 1.165) is 28.4 Å². The minimum atomic E-state index is 0.0579. The van der Waals surface area contributed by atoms with Gasteiger partial charge in [-0.15, -0.1) is 0 Å². The van der Waals surface area contributed by atoms with Crippen LogP contribution in [0.25, 0.3) is 0 Å². The van der Waals surface area contributed by atoms with E-state index >= 15 is 0 Å². The molecule has 1 aliphatic carbocycles. The lowest BCUT2D eigenvalue weighted by Gasteiger charge is -2.17. The van der Waals surface area contributed by atoms with Crippen molar-refractivity contribution in [2.45, 2.75) is 44.6 Å². The summed E-state index contributed by atoms with van der Waals surface area (Å²) in [5.74, 6) is 0.0579. The molecule has 0 bridgehead atoms. The number of hydrogen-bond acceptors (Lipinski definition) is 2. The second-order valence-electron chi connectivity index (χ2n) is 6.05. The molecule has 0 unspecified atom stereocenters. The highest BCUT2D eigenvalue weighted by molar-refractivity contribution is 9.10. The van der Waals surface area contributed by atoms with Crippen molar-refractivity contribution in [3.63, 3.8) is 0 Å². The van der Waals surface area contributed by atoms with Crippen LogP contribution in [0.1, 0.15) is 42.5 Å². The maximum absolute atomic E-state index is 12.7. The van der Waals surface area contributed by atoms with E-state index in [1.165, 1.54) is 19.3 Å². The molecule has 1 saturated carbocycles. The van der Waals surface area contributed by atoms with Crippen LogP contribution in [-0.4, -0.2) is 16.5 Å². The van der Waals surface area contributed by atoms with Gasteiger partial charge in [-0.2, -0.15) is 0 Å². The molecule has 0 saturated heterocycles. The molecule has 1 aromatic heterocycles. The van der Waals surface area contributed by atoms with Gasteiger partial charge in [-0.1, -0.05) is 53.4 Å². The van der Waals surface area contributed by atoms with E-state index in [1.54, 1.807) is 4.57 Å². The smallest absolute Gasteiger partial charge is 0.236 e. The average molecular weight is 373 g/mol. The first kappa shape index (κ1) is 16.2. The number of halogens is 1. The third kappa shape index (κ3) is 4.41. The molecule has 0 amide bonds.